The van der Waals surface area contributed by atoms with Crippen molar-refractivity contribution in [1.29, 1.82) is 0 Å². The second kappa shape index (κ2) is 57.0. The lowest BCUT2D eigenvalue weighted by atomic mass is 10.1. The summed E-state index contributed by atoms with van der Waals surface area (Å²) in [5.74, 6) is 7.23. The van der Waals surface area contributed by atoms with E-state index in [9.17, 15) is 0 Å². The van der Waals surface area contributed by atoms with Crippen LogP contribution in [0.3, 0.4) is 0 Å². The van der Waals surface area contributed by atoms with Gasteiger partial charge in [-0.3, -0.25) is 0 Å². The van der Waals surface area contributed by atoms with Gasteiger partial charge in [0.15, 0.2) is 69.3 Å². The molecule has 0 spiro atoms. The van der Waals surface area contributed by atoms with Crippen LogP contribution >= 0.6 is 0 Å². The first-order valence-corrected chi connectivity index (χ1v) is 45.9. The third-order valence-corrected chi connectivity index (χ3v) is 22.1. The van der Waals surface area contributed by atoms with Crippen LogP contribution in [-0.2, 0) is 0 Å². The Morgan fingerprint density at radius 3 is 0.487 bits per heavy atom. The summed E-state index contributed by atoms with van der Waals surface area (Å²) in [5.41, 5.74) is 5.32. The third-order valence-electron chi connectivity index (χ3n) is 22.1. The molecule has 5 heterocycles. The molecule has 4 aromatic carbocycles. The maximum Gasteiger partial charge on any atom is 0.164 e. The average molecular weight is 1610 g/mol. The lowest BCUT2D eigenvalue weighted by molar-refractivity contribution is 0.258. The number of benzene rings is 4. The molecule has 0 aliphatic carbocycles. The van der Waals surface area contributed by atoms with Crippen molar-refractivity contribution in [1.82, 2.24) is 39.9 Å². The number of hydrogen-bond acceptors (Lipinski definition) is 14. The number of aromatic nitrogens is 8. The Labute approximate surface area is 696 Å². The first-order valence-electron chi connectivity index (χ1n) is 45.9. The summed E-state index contributed by atoms with van der Waals surface area (Å²) in [4.78, 5) is 41.4. The van der Waals surface area contributed by atoms with Crippen LogP contribution in [0.5, 0.6) is 46.0 Å². The zero-order valence-corrected chi connectivity index (χ0v) is 72.2. The quantitative estimate of drug-likeness (QED) is 0.0266. The minimum Gasteiger partial charge on any atom is -0.490 e. The molecule has 642 valence electrons. The van der Waals surface area contributed by atoms with Crippen LogP contribution in [0.2, 0.25) is 0 Å². The molecule has 2 aliphatic rings. The molecule has 6 N–H and O–H groups in total. The van der Waals surface area contributed by atoms with Gasteiger partial charge in [0.25, 0.3) is 0 Å². The summed E-state index contributed by atoms with van der Waals surface area (Å²) in [6.07, 6.45) is 55.2. The molecule has 2 aliphatic heterocycles. The van der Waals surface area contributed by atoms with E-state index >= 15 is 0 Å². The van der Waals surface area contributed by atoms with Gasteiger partial charge < -0.3 is 58.8 Å². The summed E-state index contributed by atoms with van der Waals surface area (Å²) in [6, 6.07) is 16.8. The second-order valence-corrected chi connectivity index (χ2v) is 31.9. The Morgan fingerprint density at radius 2 is 0.330 bits per heavy atom. The molecule has 19 heteroatoms. The molecule has 3 aromatic heterocycles. The Kier molecular flexibility index (Phi) is 47.9. The zero-order chi connectivity index (χ0) is 78.4. The molecule has 0 atom stereocenters. The van der Waals surface area contributed by atoms with Crippen molar-refractivity contribution in [2.45, 2.75) is 364 Å². The molecule has 8 bridgehead atoms. The van der Waals surface area contributed by atoms with E-state index in [1.807, 2.05) is 0 Å². The van der Waals surface area contributed by atoms with E-state index in [0.29, 0.717) is 145 Å². The molecule has 0 saturated heterocycles. The highest BCUT2D eigenvalue weighted by Gasteiger charge is 2.28. The average Bonchev–Trinajstić information content (AvgIpc) is 1.61. The number of aromatic amines is 2. The highest BCUT2D eigenvalue weighted by atomic mass is 28.1. The summed E-state index contributed by atoms with van der Waals surface area (Å²) in [6.45, 7) is 22.6. The largest absolute Gasteiger partial charge is 0.490 e. The van der Waals surface area contributed by atoms with E-state index in [1.165, 1.54) is 205 Å². The van der Waals surface area contributed by atoms with Crippen molar-refractivity contribution >= 4 is 55.1 Å². The first kappa shape index (κ1) is 96.6. The standard InChI is InChI=1S/C96H146N8O8.2H2O.H4Si/c1-9-17-25-33-41-49-57-105-81-65-73-74(66-82(81)106-58-50-42-34-26-18-10-2)90-97-89(73)101-91-75-67-83(107-59-51-43-35-27-19-11-3)84(108-60-52-44-36-28-20-12-4)68-76(75)93(98-91)103-95-79-71-87(111-63-55-47-39-31-23-15-7)88(112-64-56-48-40-32-24-16-8)72-80(79)96(100-95)104-94-78-70-86(110-62-54-46-38-30-22-14-6)85(69-77(78)92(99-94)102-90)109-61-53-45-37-29-21-13-5;;;/h65-72H,9-64H2,1-8H3,(H2,97,98,99,100,101,102,103,104);2*1H2;1H4. The van der Waals surface area contributed by atoms with Crippen LogP contribution < -0.4 is 37.9 Å². The number of rotatable bonds is 64. The number of H-pyrrole nitrogens is 2. The topological polar surface area (TPSA) is 246 Å². The lowest BCUT2D eigenvalue weighted by Gasteiger charge is -2.15. The fourth-order valence-corrected chi connectivity index (χ4v) is 15.2. The van der Waals surface area contributed by atoms with Gasteiger partial charge in [-0.05, 0) is 111 Å². The van der Waals surface area contributed by atoms with E-state index in [2.05, 4.69) is 114 Å². The van der Waals surface area contributed by atoms with Crippen LogP contribution in [0.15, 0.2) is 48.5 Å². The van der Waals surface area contributed by atoms with Crippen LogP contribution in [-0.4, -0.2) is 115 Å². The van der Waals surface area contributed by atoms with Crippen molar-refractivity contribution in [2.24, 2.45) is 0 Å². The smallest absolute Gasteiger partial charge is 0.164 e. The maximum atomic E-state index is 6.90. The fourth-order valence-electron chi connectivity index (χ4n) is 15.2. The van der Waals surface area contributed by atoms with Crippen molar-refractivity contribution in [2.75, 3.05) is 52.9 Å². The second-order valence-electron chi connectivity index (χ2n) is 31.9. The normalized spacial score (nSPS) is 11.5. The molecule has 0 fully saturated rings. The van der Waals surface area contributed by atoms with E-state index in [4.69, 9.17) is 67.8 Å². The van der Waals surface area contributed by atoms with Gasteiger partial charge in [-0.2, -0.15) is 0 Å². The number of fused-ring (bicyclic) bond motifs is 20. The molecule has 0 saturated carbocycles. The van der Waals surface area contributed by atoms with Crippen LogP contribution in [0.1, 0.15) is 364 Å². The van der Waals surface area contributed by atoms with Gasteiger partial charge >= 0.3 is 0 Å². The van der Waals surface area contributed by atoms with Crippen molar-refractivity contribution in [3.63, 3.8) is 0 Å². The number of nitrogens with zero attached hydrogens (tertiary/aromatic N) is 6. The van der Waals surface area contributed by atoms with E-state index in [1.54, 1.807) is 0 Å². The molecule has 9 rings (SSSR count). The van der Waals surface area contributed by atoms with Gasteiger partial charge in [0, 0.05) is 43.8 Å². The minimum absolute atomic E-state index is 0. The van der Waals surface area contributed by atoms with Crippen LogP contribution in [0.4, 0.5) is 0 Å². The summed E-state index contributed by atoms with van der Waals surface area (Å²) in [7, 11) is 0. The third kappa shape index (κ3) is 31.5. The molecular formula is C96H154N8O10Si. The first-order chi connectivity index (χ1) is 55.3. The number of ether oxygens (including phenoxy) is 8. The predicted octanol–water partition coefficient (Wildman–Crippen LogP) is 25.7. The monoisotopic (exact) mass is 1610 g/mol. The molecule has 7 aromatic rings. The van der Waals surface area contributed by atoms with Gasteiger partial charge in [-0.25, -0.2) is 29.9 Å². The zero-order valence-electron chi connectivity index (χ0n) is 72.2. The van der Waals surface area contributed by atoms with Gasteiger partial charge in [0.2, 0.25) is 0 Å². The van der Waals surface area contributed by atoms with Crippen LogP contribution in [0, 0.1) is 0 Å². The Bertz CT molecular complexity index is 3520. The summed E-state index contributed by atoms with van der Waals surface area (Å²) in [5, 5.41) is 3.21. The van der Waals surface area contributed by atoms with Gasteiger partial charge in [0.05, 0.1) is 52.9 Å². The summed E-state index contributed by atoms with van der Waals surface area (Å²) >= 11 is 0. The summed E-state index contributed by atoms with van der Waals surface area (Å²) < 4.78 is 55.2. The van der Waals surface area contributed by atoms with E-state index in [-0.39, 0.29) is 21.9 Å². The van der Waals surface area contributed by atoms with Gasteiger partial charge in [-0.1, -0.05) is 312 Å². The number of nitrogens with one attached hydrogen (secondary N) is 2. The van der Waals surface area contributed by atoms with E-state index in [0.717, 1.165) is 147 Å². The molecule has 0 unspecified atom stereocenters. The molecule has 0 radical (unpaired) electrons. The minimum atomic E-state index is 0. The molecule has 0 amide bonds. The van der Waals surface area contributed by atoms with Crippen molar-refractivity contribution < 1.29 is 48.8 Å². The SMILES string of the molecule is CCCCCCCCOc1cc2c(cc1OCCCCCCCC)-c1nc-2nc2[nH]c(nc3nc(nc4[nH]c(n1)c1cc(OCCCCCCCC)c(OCCCCCCCC)cc41)-c1cc(OCCCCCCCC)c(OCCCCCCCC)cc1-3)c1cc(OCCCCCCCC)c(OCCCCCCCC)cc21.O.O.[SiH4]. The number of unbranched alkanes of at least 4 members (excludes halogenated alkanes) is 40. The highest BCUT2D eigenvalue weighted by Crippen LogP contribution is 2.47. The van der Waals surface area contributed by atoms with Crippen molar-refractivity contribution in [3.05, 3.63) is 48.5 Å². The molecular weight excluding hydrogens is 1450 g/mol. The van der Waals surface area contributed by atoms with Gasteiger partial charge in [0.1, 0.15) is 22.6 Å². The highest BCUT2D eigenvalue weighted by molar-refractivity contribution is 6.08. The van der Waals surface area contributed by atoms with E-state index < -0.39 is 0 Å². The predicted molar refractivity (Wildman–Crippen MR) is 486 cm³/mol. The fraction of sp³-hybridized carbons (Fsp3) is 0.667. The molecule has 18 nitrogen and oxygen atoms in total. The molecule has 115 heavy (non-hydrogen) atoms. The number of hydrogen-bond donors (Lipinski definition) is 2. The maximum absolute atomic E-state index is 6.90. The Morgan fingerprint density at radius 1 is 0.191 bits per heavy atom. The Balaban J connectivity index is 0.00000686. The van der Waals surface area contributed by atoms with Gasteiger partial charge in [-0.15, -0.1) is 0 Å². The van der Waals surface area contributed by atoms with Crippen LogP contribution in [0.25, 0.3) is 89.7 Å². The lowest BCUT2D eigenvalue weighted by Crippen LogP contribution is -2.03. The van der Waals surface area contributed by atoms with Crippen molar-refractivity contribution in [3.8, 4) is 91.5 Å². The Hall–Kier alpha value is -7.22.